The molecular weight excluding hydrogens is 178 g/mol. The Morgan fingerprint density at radius 3 is 2.29 bits per heavy atom. The molecule has 1 aromatic carbocycles. The molecule has 0 aromatic heterocycles. The first kappa shape index (κ1) is 10.9. The molecule has 0 aliphatic heterocycles. The van der Waals surface area contributed by atoms with Crippen molar-refractivity contribution in [3.63, 3.8) is 0 Å². The second-order valence-corrected chi connectivity index (χ2v) is 3.22. The summed E-state index contributed by atoms with van der Waals surface area (Å²) in [5, 5.41) is 0. The Balaban J connectivity index is 2.90. The van der Waals surface area contributed by atoms with Crippen molar-refractivity contribution in [2.24, 2.45) is 5.73 Å². The molecule has 0 aliphatic carbocycles. The molecule has 0 amide bonds. The molecule has 0 fully saturated rings. The van der Waals surface area contributed by atoms with E-state index in [0.29, 0.717) is 13.2 Å². The molecule has 0 spiro atoms. The third-order valence-corrected chi connectivity index (χ3v) is 2.07. The normalized spacial score (nSPS) is 10.0. The molecule has 0 saturated carbocycles. The second kappa shape index (κ2) is 4.86. The fraction of sp³-hybridized carbons (Fsp3) is 0.455. The third-order valence-electron chi connectivity index (χ3n) is 2.07. The molecule has 78 valence electrons. The van der Waals surface area contributed by atoms with Crippen LogP contribution in [0.1, 0.15) is 11.1 Å². The van der Waals surface area contributed by atoms with Crippen LogP contribution in [0.3, 0.4) is 0 Å². The monoisotopic (exact) mass is 195 g/mol. The molecule has 0 heterocycles. The van der Waals surface area contributed by atoms with Gasteiger partial charge in [-0.25, -0.2) is 0 Å². The Kier molecular flexibility index (Phi) is 3.77. The number of methoxy groups -OCH3 is 1. The number of nitrogens with two attached hydrogens (primary N) is 1. The van der Waals surface area contributed by atoms with Gasteiger partial charge in [-0.2, -0.15) is 0 Å². The molecule has 14 heavy (non-hydrogen) atoms. The lowest BCUT2D eigenvalue weighted by atomic mass is 10.1. The largest absolute Gasteiger partial charge is 0.496 e. The van der Waals surface area contributed by atoms with Gasteiger partial charge < -0.3 is 15.2 Å². The van der Waals surface area contributed by atoms with Crippen molar-refractivity contribution in [2.45, 2.75) is 13.8 Å². The highest BCUT2D eigenvalue weighted by Crippen LogP contribution is 2.27. The fourth-order valence-electron chi connectivity index (χ4n) is 1.31. The molecule has 0 unspecified atom stereocenters. The zero-order valence-corrected chi connectivity index (χ0v) is 8.96. The summed E-state index contributed by atoms with van der Waals surface area (Å²) in [5.74, 6) is 1.77. The molecule has 1 aromatic rings. The molecule has 0 saturated heterocycles. The maximum Gasteiger partial charge on any atom is 0.122 e. The van der Waals surface area contributed by atoms with E-state index in [2.05, 4.69) is 0 Å². The molecule has 2 N–H and O–H groups in total. The first-order chi connectivity index (χ1) is 6.69. The molecule has 3 heteroatoms. The molecular formula is C11H17NO2. The highest BCUT2D eigenvalue weighted by molar-refractivity contribution is 5.45. The van der Waals surface area contributed by atoms with Gasteiger partial charge in [0, 0.05) is 6.54 Å². The van der Waals surface area contributed by atoms with Crippen molar-refractivity contribution in [2.75, 3.05) is 20.3 Å². The van der Waals surface area contributed by atoms with Gasteiger partial charge >= 0.3 is 0 Å². The lowest BCUT2D eigenvalue weighted by Gasteiger charge is -2.11. The van der Waals surface area contributed by atoms with E-state index in [4.69, 9.17) is 15.2 Å². The van der Waals surface area contributed by atoms with Crippen LogP contribution in [0.5, 0.6) is 11.5 Å². The smallest absolute Gasteiger partial charge is 0.122 e. The molecule has 0 radical (unpaired) electrons. The highest BCUT2D eigenvalue weighted by atomic mass is 16.5. The molecule has 0 aliphatic rings. The zero-order valence-electron chi connectivity index (χ0n) is 8.96. The van der Waals surface area contributed by atoms with Gasteiger partial charge in [-0.15, -0.1) is 0 Å². The van der Waals surface area contributed by atoms with Crippen LogP contribution in [-0.2, 0) is 0 Å². The van der Waals surface area contributed by atoms with Crippen molar-refractivity contribution < 1.29 is 9.47 Å². The molecule has 0 bridgehead atoms. The van der Waals surface area contributed by atoms with Crippen LogP contribution in [-0.4, -0.2) is 20.3 Å². The Morgan fingerprint density at radius 1 is 1.14 bits per heavy atom. The summed E-state index contributed by atoms with van der Waals surface area (Å²) in [7, 11) is 1.67. The van der Waals surface area contributed by atoms with Gasteiger partial charge in [0.05, 0.1) is 7.11 Å². The number of hydrogen-bond donors (Lipinski definition) is 1. The van der Waals surface area contributed by atoms with E-state index in [-0.39, 0.29) is 0 Å². The minimum absolute atomic E-state index is 0.532. The summed E-state index contributed by atoms with van der Waals surface area (Å²) in [4.78, 5) is 0. The van der Waals surface area contributed by atoms with Gasteiger partial charge in [-0.1, -0.05) is 0 Å². The van der Waals surface area contributed by atoms with Crippen molar-refractivity contribution in [3.8, 4) is 11.5 Å². The zero-order chi connectivity index (χ0) is 10.6. The number of rotatable bonds is 4. The number of ether oxygens (including phenoxy) is 2. The average Bonchev–Trinajstić information content (AvgIpc) is 2.18. The standard InChI is InChI=1S/C11H17NO2/c1-8-7-11(14-5-4-12)9(2)6-10(8)13-3/h6-7H,4-5,12H2,1-3H3. The summed E-state index contributed by atoms with van der Waals surface area (Å²) in [6.07, 6.45) is 0. The maximum absolute atomic E-state index is 5.49. The van der Waals surface area contributed by atoms with Gasteiger partial charge in [-0.05, 0) is 37.1 Å². The highest BCUT2D eigenvalue weighted by Gasteiger charge is 2.04. The van der Waals surface area contributed by atoms with Gasteiger partial charge in [0.1, 0.15) is 18.1 Å². The predicted octanol–water partition coefficient (Wildman–Crippen LogP) is 1.65. The van der Waals surface area contributed by atoms with E-state index < -0.39 is 0 Å². The number of aryl methyl sites for hydroxylation is 2. The lowest BCUT2D eigenvalue weighted by Crippen LogP contribution is -2.11. The average molecular weight is 195 g/mol. The van der Waals surface area contributed by atoms with Crippen molar-refractivity contribution in [3.05, 3.63) is 23.3 Å². The van der Waals surface area contributed by atoms with E-state index >= 15 is 0 Å². The topological polar surface area (TPSA) is 44.5 Å². The predicted molar refractivity (Wildman–Crippen MR) is 57.0 cm³/mol. The molecule has 3 nitrogen and oxygen atoms in total. The summed E-state index contributed by atoms with van der Waals surface area (Å²) in [6, 6.07) is 3.95. The van der Waals surface area contributed by atoms with E-state index in [1.807, 2.05) is 26.0 Å². The summed E-state index contributed by atoms with van der Waals surface area (Å²) < 4.78 is 10.7. The third kappa shape index (κ3) is 2.39. The summed E-state index contributed by atoms with van der Waals surface area (Å²) >= 11 is 0. The molecule has 1 rings (SSSR count). The van der Waals surface area contributed by atoms with Gasteiger partial charge in [0.15, 0.2) is 0 Å². The van der Waals surface area contributed by atoms with E-state index in [0.717, 1.165) is 22.6 Å². The van der Waals surface area contributed by atoms with Crippen LogP contribution >= 0.6 is 0 Å². The fourth-order valence-corrected chi connectivity index (χ4v) is 1.31. The van der Waals surface area contributed by atoms with Crippen molar-refractivity contribution >= 4 is 0 Å². The van der Waals surface area contributed by atoms with Crippen molar-refractivity contribution in [1.29, 1.82) is 0 Å². The Hall–Kier alpha value is -1.22. The second-order valence-electron chi connectivity index (χ2n) is 3.22. The van der Waals surface area contributed by atoms with Gasteiger partial charge in [0.2, 0.25) is 0 Å². The van der Waals surface area contributed by atoms with Crippen molar-refractivity contribution in [1.82, 2.24) is 0 Å². The van der Waals surface area contributed by atoms with Crippen LogP contribution in [0.25, 0.3) is 0 Å². The van der Waals surface area contributed by atoms with E-state index in [1.54, 1.807) is 7.11 Å². The Morgan fingerprint density at radius 2 is 1.71 bits per heavy atom. The minimum Gasteiger partial charge on any atom is -0.496 e. The van der Waals surface area contributed by atoms with Crippen LogP contribution in [0.2, 0.25) is 0 Å². The maximum atomic E-state index is 5.49. The molecule has 0 atom stereocenters. The minimum atomic E-state index is 0.532. The van der Waals surface area contributed by atoms with Crippen LogP contribution in [0.15, 0.2) is 12.1 Å². The summed E-state index contributed by atoms with van der Waals surface area (Å²) in [5.41, 5.74) is 7.52. The summed E-state index contributed by atoms with van der Waals surface area (Å²) in [6.45, 7) is 5.07. The first-order valence-corrected chi connectivity index (χ1v) is 4.67. The number of benzene rings is 1. The first-order valence-electron chi connectivity index (χ1n) is 4.67. The van der Waals surface area contributed by atoms with Gasteiger partial charge in [0.25, 0.3) is 0 Å². The Labute approximate surface area is 84.8 Å². The number of hydrogen-bond acceptors (Lipinski definition) is 3. The van der Waals surface area contributed by atoms with Gasteiger partial charge in [-0.3, -0.25) is 0 Å². The van der Waals surface area contributed by atoms with E-state index in [1.165, 1.54) is 0 Å². The van der Waals surface area contributed by atoms with Crippen LogP contribution in [0.4, 0.5) is 0 Å². The lowest BCUT2D eigenvalue weighted by molar-refractivity contribution is 0.324. The van der Waals surface area contributed by atoms with Crippen LogP contribution < -0.4 is 15.2 Å². The quantitative estimate of drug-likeness (QED) is 0.794. The van der Waals surface area contributed by atoms with Crippen LogP contribution in [0, 0.1) is 13.8 Å². The Bertz CT molecular complexity index is 310. The SMILES string of the molecule is COc1cc(C)c(OCCN)cc1C. The van der Waals surface area contributed by atoms with E-state index in [9.17, 15) is 0 Å².